The van der Waals surface area contributed by atoms with Crippen molar-refractivity contribution in [1.82, 2.24) is 19.6 Å². The number of likely N-dealkylation sites (tertiary alicyclic amines) is 1. The van der Waals surface area contributed by atoms with E-state index >= 15 is 0 Å². The highest BCUT2D eigenvalue weighted by Gasteiger charge is 2.24. The summed E-state index contributed by atoms with van der Waals surface area (Å²) in [6.07, 6.45) is 8.64. The third kappa shape index (κ3) is 3.16. The van der Waals surface area contributed by atoms with Crippen LogP contribution in [0.5, 0.6) is 0 Å². The Morgan fingerprint density at radius 3 is 3.09 bits per heavy atom. The third-order valence-electron chi connectivity index (χ3n) is 4.22. The summed E-state index contributed by atoms with van der Waals surface area (Å²) in [5, 5.41) is 4.10. The number of nitrogens with zero attached hydrogens (tertiary/aromatic N) is 4. The molecule has 6 nitrogen and oxygen atoms in total. The SMILES string of the molecule is Cc1noc(Cl)c1CCC(=O)N1CCC[C@H](n2ccnc2)C1. The largest absolute Gasteiger partial charge is 0.344 e. The first-order chi connectivity index (χ1) is 10.6. The van der Waals surface area contributed by atoms with Gasteiger partial charge < -0.3 is 14.0 Å². The zero-order valence-electron chi connectivity index (χ0n) is 12.5. The summed E-state index contributed by atoms with van der Waals surface area (Å²) in [6.45, 7) is 3.40. The molecule has 3 heterocycles. The molecule has 22 heavy (non-hydrogen) atoms. The van der Waals surface area contributed by atoms with Crippen molar-refractivity contribution in [3.05, 3.63) is 35.2 Å². The van der Waals surface area contributed by atoms with E-state index in [0.29, 0.717) is 24.1 Å². The number of aryl methyl sites for hydroxylation is 1. The van der Waals surface area contributed by atoms with Gasteiger partial charge in [0.05, 0.1) is 18.1 Å². The number of imidazole rings is 1. The quantitative estimate of drug-likeness (QED) is 0.868. The molecular weight excluding hydrogens is 304 g/mol. The van der Waals surface area contributed by atoms with Gasteiger partial charge in [0, 0.05) is 37.5 Å². The normalized spacial score (nSPS) is 18.6. The van der Waals surface area contributed by atoms with Gasteiger partial charge in [0.1, 0.15) is 0 Å². The Kier molecular flexibility index (Phi) is 4.47. The highest BCUT2D eigenvalue weighted by Crippen LogP contribution is 2.24. The van der Waals surface area contributed by atoms with Crippen LogP contribution in [-0.4, -0.2) is 38.6 Å². The van der Waals surface area contributed by atoms with E-state index in [1.54, 1.807) is 6.20 Å². The molecule has 1 atom stereocenters. The summed E-state index contributed by atoms with van der Waals surface area (Å²) >= 11 is 5.94. The Bertz CT molecular complexity index is 619. The van der Waals surface area contributed by atoms with Crippen LogP contribution in [0, 0.1) is 6.92 Å². The van der Waals surface area contributed by atoms with Gasteiger partial charge in [-0.25, -0.2) is 4.98 Å². The molecule has 1 fully saturated rings. The summed E-state index contributed by atoms with van der Waals surface area (Å²) in [7, 11) is 0. The molecule has 2 aromatic rings. The van der Waals surface area contributed by atoms with Crippen LogP contribution in [0.25, 0.3) is 0 Å². The molecule has 2 aromatic heterocycles. The van der Waals surface area contributed by atoms with Crippen molar-refractivity contribution >= 4 is 17.5 Å². The molecule has 0 aromatic carbocycles. The molecule has 0 spiro atoms. The van der Waals surface area contributed by atoms with Gasteiger partial charge in [-0.3, -0.25) is 4.79 Å². The van der Waals surface area contributed by atoms with E-state index in [2.05, 4.69) is 14.7 Å². The average molecular weight is 323 g/mol. The van der Waals surface area contributed by atoms with Crippen LogP contribution in [0.1, 0.15) is 36.6 Å². The predicted octanol–water partition coefficient (Wildman–Crippen LogP) is 2.63. The van der Waals surface area contributed by atoms with E-state index in [1.807, 2.05) is 24.3 Å². The van der Waals surface area contributed by atoms with Crippen LogP contribution in [0.15, 0.2) is 23.2 Å². The Balaban J connectivity index is 1.58. The lowest BCUT2D eigenvalue weighted by molar-refractivity contribution is -0.132. The lowest BCUT2D eigenvalue weighted by Gasteiger charge is -2.33. The van der Waals surface area contributed by atoms with Crippen molar-refractivity contribution in [1.29, 1.82) is 0 Å². The smallest absolute Gasteiger partial charge is 0.229 e. The van der Waals surface area contributed by atoms with Crippen LogP contribution < -0.4 is 0 Å². The van der Waals surface area contributed by atoms with Gasteiger partial charge in [-0.05, 0) is 37.8 Å². The summed E-state index contributed by atoms with van der Waals surface area (Å²) in [6, 6.07) is 0.320. The maximum atomic E-state index is 12.4. The molecule has 1 aliphatic rings. The average Bonchev–Trinajstić information content (AvgIpc) is 3.16. The Morgan fingerprint density at radius 1 is 1.55 bits per heavy atom. The first-order valence-electron chi connectivity index (χ1n) is 7.51. The minimum absolute atomic E-state index is 0.154. The molecule has 7 heteroatoms. The second kappa shape index (κ2) is 6.52. The van der Waals surface area contributed by atoms with E-state index < -0.39 is 0 Å². The molecule has 1 saturated heterocycles. The highest BCUT2D eigenvalue weighted by molar-refractivity contribution is 6.29. The molecule has 3 rings (SSSR count). The fourth-order valence-corrected chi connectivity index (χ4v) is 3.21. The van der Waals surface area contributed by atoms with Gasteiger partial charge in [0.2, 0.25) is 11.1 Å². The van der Waals surface area contributed by atoms with Crippen molar-refractivity contribution in [3.63, 3.8) is 0 Å². The van der Waals surface area contributed by atoms with E-state index in [1.165, 1.54) is 0 Å². The van der Waals surface area contributed by atoms with Crippen LogP contribution in [-0.2, 0) is 11.2 Å². The lowest BCUT2D eigenvalue weighted by atomic mass is 10.0. The Hall–Kier alpha value is -1.82. The van der Waals surface area contributed by atoms with Crippen molar-refractivity contribution in [3.8, 4) is 0 Å². The molecule has 118 valence electrons. The second-order valence-electron chi connectivity index (χ2n) is 5.67. The van der Waals surface area contributed by atoms with Gasteiger partial charge in [-0.2, -0.15) is 0 Å². The van der Waals surface area contributed by atoms with E-state index in [4.69, 9.17) is 16.1 Å². The predicted molar refractivity (Wildman–Crippen MR) is 81.6 cm³/mol. The van der Waals surface area contributed by atoms with E-state index in [9.17, 15) is 4.79 Å². The number of rotatable bonds is 4. The van der Waals surface area contributed by atoms with Gasteiger partial charge in [0.25, 0.3) is 0 Å². The standard InChI is InChI=1S/C15H19ClN4O2/c1-11-13(15(16)22-18-11)4-5-14(21)19-7-2-3-12(9-19)20-8-6-17-10-20/h6,8,10,12H,2-5,7,9H2,1H3/t12-/m0/s1. The van der Waals surface area contributed by atoms with E-state index in [0.717, 1.165) is 37.2 Å². The van der Waals surface area contributed by atoms with Crippen LogP contribution in [0.3, 0.4) is 0 Å². The van der Waals surface area contributed by atoms with Gasteiger partial charge >= 0.3 is 0 Å². The Morgan fingerprint density at radius 2 is 2.41 bits per heavy atom. The number of carbonyl (C=O) groups is 1. The molecule has 0 saturated carbocycles. The Labute approximate surface area is 134 Å². The van der Waals surface area contributed by atoms with Gasteiger partial charge in [-0.1, -0.05) is 5.16 Å². The van der Waals surface area contributed by atoms with Crippen molar-refractivity contribution in [2.75, 3.05) is 13.1 Å². The number of amides is 1. The first kappa shape index (κ1) is 15.1. The zero-order chi connectivity index (χ0) is 15.5. The topological polar surface area (TPSA) is 64.2 Å². The molecule has 0 bridgehead atoms. The molecule has 0 aliphatic carbocycles. The summed E-state index contributed by atoms with van der Waals surface area (Å²) in [5.74, 6) is 0.154. The minimum atomic E-state index is 0.154. The number of aromatic nitrogens is 3. The van der Waals surface area contributed by atoms with Crippen molar-refractivity contribution < 1.29 is 9.32 Å². The van der Waals surface area contributed by atoms with Crippen LogP contribution in [0.4, 0.5) is 0 Å². The van der Waals surface area contributed by atoms with E-state index in [-0.39, 0.29) is 5.91 Å². The number of carbonyl (C=O) groups excluding carboxylic acids is 1. The number of hydrogen-bond acceptors (Lipinski definition) is 4. The fourth-order valence-electron chi connectivity index (χ4n) is 2.94. The summed E-state index contributed by atoms with van der Waals surface area (Å²) in [4.78, 5) is 18.5. The number of piperidine rings is 1. The van der Waals surface area contributed by atoms with Gasteiger partial charge in [-0.15, -0.1) is 0 Å². The molecule has 1 aliphatic heterocycles. The molecular formula is C15H19ClN4O2. The summed E-state index contributed by atoms with van der Waals surface area (Å²) in [5.41, 5.74) is 1.59. The maximum absolute atomic E-state index is 12.4. The molecule has 0 unspecified atom stereocenters. The van der Waals surface area contributed by atoms with Crippen LogP contribution >= 0.6 is 11.6 Å². The summed E-state index contributed by atoms with van der Waals surface area (Å²) < 4.78 is 7.00. The van der Waals surface area contributed by atoms with Crippen molar-refractivity contribution in [2.45, 2.75) is 38.6 Å². The van der Waals surface area contributed by atoms with Crippen molar-refractivity contribution in [2.24, 2.45) is 0 Å². The zero-order valence-corrected chi connectivity index (χ0v) is 13.3. The second-order valence-corrected chi connectivity index (χ2v) is 6.01. The number of hydrogen-bond donors (Lipinski definition) is 0. The lowest BCUT2D eigenvalue weighted by Crippen LogP contribution is -2.40. The highest BCUT2D eigenvalue weighted by atomic mass is 35.5. The molecule has 1 amide bonds. The maximum Gasteiger partial charge on any atom is 0.229 e. The minimum Gasteiger partial charge on any atom is -0.344 e. The molecule has 0 N–H and O–H groups in total. The van der Waals surface area contributed by atoms with Crippen LogP contribution in [0.2, 0.25) is 5.22 Å². The number of halogens is 1. The third-order valence-corrected chi connectivity index (χ3v) is 4.52. The molecule has 0 radical (unpaired) electrons. The monoisotopic (exact) mass is 322 g/mol. The first-order valence-corrected chi connectivity index (χ1v) is 7.89. The van der Waals surface area contributed by atoms with Gasteiger partial charge in [0.15, 0.2) is 0 Å². The fraction of sp³-hybridized carbons (Fsp3) is 0.533.